The van der Waals surface area contributed by atoms with Crippen molar-refractivity contribution in [1.82, 2.24) is 10.6 Å². The molecule has 0 saturated carbocycles. The highest BCUT2D eigenvalue weighted by Crippen LogP contribution is 2.23. The lowest BCUT2D eigenvalue weighted by Gasteiger charge is -2.27. The van der Waals surface area contributed by atoms with E-state index < -0.39 is 30.5 Å². The molecule has 1 unspecified atom stereocenters. The molecule has 0 radical (unpaired) electrons. The largest absolute Gasteiger partial charge is 0.390 e. The van der Waals surface area contributed by atoms with E-state index in [1.54, 1.807) is 0 Å². The normalized spacial score (nSPS) is 25.8. The molecule has 0 aromatic carbocycles. The Morgan fingerprint density at radius 3 is 2.75 bits per heavy atom. The Hall–Kier alpha value is -0.750. The van der Waals surface area contributed by atoms with Gasteiger partial charge in [0.25, 0.3) is 5.92 Å². The standard InChI is InChI=1S/C10H18F2N2O2/c1-2-9(4-3-5-14-9)8(16)13-6-10(11,12)7-15/h14-15H,2-7H2,1H3,(H,13,16). The van der Waals surface area contributed by atoms with Crippen LogP contribution in [0.1, 0.15) is 26.2 Å². The first-order valence-electron chi connectivity index (χ1n) is 5.48. The molecule has 16 heavy (non-hydrogen) atoms. The van der Waals surface area contributed by atoms with E-state index in [9.17, 15) is 13.6 Å². The molecule has 1 amide bonds. The van der Waals surface area contributed by atoms with Crippen molar-refractivity contribution in [2.75, 3.05) is 19.7 Å². The molecule has 1 aliphatic rings. The van der Waals surface area contributed by atoms with E-state index in [1.807, 2.05) is 6.92 Å². The summed E-state index contributed by atoms with van der Waals surface area (Å²) in [7, 11) is 0. The molecule has 0 aromatic rings. The average Bonchev–Trinajstić information content (AvgIpc) is 2.76. The van der Waals surface area contributed by atoms with E-state index in [0.29, 0.717) is 12.8 Å². The van der Waals surface area contributed by atoms with Gasteiger partial charge in [-0.1, -0.05) is 6.92 Å². The van der Waals surface area contributed by atoms with Crippen LogP contribution >= 0.6 is 0 Å². The zero-order valence-electron chi connectivity index (χ0n) is 9.35. The van der Waals surface area contributed by atoms with Gasteiger partial charge in [0.15, 0.2) is 0 Å². The fourth-order valence-electron chi connectivity index (χ4n) is 1.90. The van der Waals surface area contributed by atoms with Crippen molar-refractivity contribution in [2.45, 2.75) is 37.6 Å². The van der Waals surface area contributed by atoms with Crippen molar-refractivity contribution in [2.24, 2.45) is 0 Å². The third kappa shape index (κ3) is 2.89. The molecule has 4 nitrogen and oxygen atoms in total. The smallest absolute Gasteiger partial charge is 0.287 e. The number of aliphatic hydroxyl groups excluding tert-OH is 1. The Kier molecular flexibility index (Phi) is 4.21. The molecule has 1 saturated heterocycles. The maximum absolute atomic E-state index is 12.7. The van der Waals surface area contributed by atoms with Crippen LogP contribution in [-0.2, 0) is 4.79 Å². The predicted molar refractivity (Wildman–Crippen MR) is 55.3 cm³/mol. The summed E-state index contributed by atoms with van der Waals surface area (Å²) in [5.74, 6) is -3.65. The number of rotatable bonds is 5. The number of hydrogen-bond acceptors (Lipinski definition) is 3. The van der Waals surface area contributed by atoms with Gasteiger partial charge in [0.1, 0.15) is 6.61 Å². The quantitative estimate of drug-likeness (QED) is 0.642. The maximum Gasteiger partial charge on any atom is 0.287 e. The molecule has 0 bridgehead atoms. The Bertz CT molecular complexity index is 253. The van der Waals surface area contributed by atoms with Crippen LogP contribution in [0.5, 0.6) is 0 Å². The second-order valence-electron chi connectivity index (χ2n) is 4.16. The van der Waals surface area contributed by atoms with E-state index in [4.69, 9.17) is 5.11 Å². The van der Waals surface area contributed by atoms with Crippen LogP contribution in [0.15, 0.2) is 0 Å². The second-order valence-corrected chi connectivity index (χ2v) is 4.16. The van der Waals surface area contributed by atoms with Gasteiger partial charge in [-0.25, -0.2) is 8.78 Å². The monoisotopic (exact) mass is 236 g/mol. The molecular formula is C10H18F2N2O2. The summed E-state index contributed by atoms with van der Waals surface area (Å²) in [5.41, 5.74) is -0.703. The zero-order chi connectivity index (χ0) is 12.2. The number of hydrogen-bond donors (Lipinski definition) is 3. The van der Waals surface area contributed by atoms with Crippen molar-refractivity contribution >= 4 is 5.91 Å². The summed E-state index contributed by atoms with van der Waals surface area (Å²) in [6, 6.07) is 0. The summed E-state index contributed by atoms with van der Waals surface area (Å²) in [4.78, 5) is 11.8. The first-order chi connectivity index (χ1) is 7.46. The van der Waals surface area contributed by atoms with Gasteiger partial charge in [-0.15, -0.1) is 0 Å². The number of aliphatic hydroxyl groups is 1. The van der Waals surface area contributed by atoms with E-state index in [1.165, 1.54) is 0 Å². The van der Waals surface area contributed by atoms with E-state index in [-0.39, 0.29) is 0 Å². The highest BCUT2D eigenvalue weighted by Gasteiger charge is 2.40. The van der Waals surface area contributed by atoms with Crippen LogP contribution < -0.4 is 10.6 Å². The van der Waals surface area contributed by atoms with Gasteiger partial charge in [-0.3, -0.25) is 4.79 Å². The van der Waals surface area contributed by atoms with Crippen molar-refractivity contribution in [3.05, 3.63) is 0 Å². The van der Waals surface area contributed by atoms with E-state index >= 15 is 0 Å². The highest BCUT2D eigenvalue weighted by molar-refractivity contribution is 5.86. The number of amides is 1. The fraction of sp³-hybridized carbons (Fsp3) is 0.900. The summed E-state index contributed by atoms with van der Waals surface area (Å²) < 4.78 is 25.5. The number of carbonyl (C=O) groups excluding carboxylic acids is 1. The Balaban J connectivity index is 2.51. The van der Waals surface area contributed by atoms with Crippen LogP contribution in [0, 0.1) is 0 Å². The lowest BCUT2D eigenvalue weighted by molar-refractivity contribution is -0.130. The highest BCUT2D eigenvalue weighted by atomic mass is 19.3. The molecule has 1 rings (SSSR count). The molecule has 3 N–H and O–H groups in total. The number of carbonyl (C=O) groups is 1. The van der Waals surface area contributed by atoms with Gasteiger partial charge < -0.3 is 15.7 Å². The van der Waals surface area contributed by atoms with Crippen molar-refractivity contribution in [1.29, 1.82) is 0 Å². The summed E-state index contributed by atoms with van der Waals surface area (Å²) in [6.45, 7) is 0.519. The van der Waals surface area contributed by atoms with Gasteiger partial charge in [-0.05, 0) is 25.8 Å². The minimum atomic E-state index is -3.25. The van der Waals surface area contributed by atoms with E-state index in [2.05, 4.69) is 10.6 Å². The lowest BCUT2D eigenvalue weighted by atomic mass is 9.93. The van der Waals surface area contributed by atoms with Crippen molar-refractivity contribution in [3.8, 4) is 0 Å². The fourth-order valence-corrected chi connectivity index (χ4v) is 1.90. The average molecular weight is 236 g/mol. The first kappa shape index (κ1) is 13.3. The third-order valence-corrected chi connectivity index (χ3v) is 3.02. The second kappa shape index (κ2) is 5.05. The number of halogens is 2. The molecule has 1 heterocycles. The van der Waals surface area contributed by atoms with E-state index in [0.717, 1.165) is 13.0 Å². The van der Waals surface area contributed by atoms with Gasteiger partial charge in [0, 0.05) is 0 Å². The molecule has 0 aliphatic carbocycles. The Labute approximate surface area is 93.4 Å². The van der Waals surface area contributed by atoms with Crippen molar-refractivity contribution in [3.63, 3.8) is 0 Å². The molecular weight excluding hydrogens is 218 g/mol. The lowest BCUT2D eigenvalue weighted by Crippen LogP contribution is -2.55. The van der Waals surface area contributed by atoms with Gasteiger partial charge in [-0.2, -0.15) is 0 Å². The SMILES string of the molecule is CCC1(C(=O)NCC(F)(F)CO)CCCN1. The molecule has 1 aliphatic heterocycles. The van der Waals surface area contributed by atoms with Crippen LogP contribution in [0.4, 0.5) is 8.78 Å². The van der Waals surface area contributed by atoms with Crippen LogP contribution in [0.25, 0.3) is 0 Å². The molecule has 1 atom stereocenters. The third-order valence-electron chi connectivity index (χ3n) is 3.02. The van der Waals surface area contributed by atoms with Gasteiger partial charge in [0.2, 0.25) is 5.91 Å². The van der Waals surface area contributed by atoms with Crippen molar-refractivity contribution < 1.29 is 18.7 Å². The minimum absolute atomic E-state index is 0.402. The predicted octanol–water partition coefficient (Wildman–Crippen LogP) is 0.262. The molecule has 1 fully saturated rings. The summed E-state index contributed by atoms with van der Waals surface area (Å²) >= 11 is 0. The number of nitrogens with one attached hydrogen (secondary N) is 2. The summed E-state index contributed by atoms with van der Waals surface area (Å²) in [5, 5.41) is 13.6. The number of alkyl halides is 2. The van der Waals surface area contributed by atoms with Gasteiger partial charge >= 0.3 is 0 Å². The molecule has 0 aromatic heterocycles. The topological polar surface area (TPSA) is 61.4 Å². The molecule has 94 valence electrons. The maximum atomic E-state index is 12.7. The Morgan fingerprint density at radius 1 is 1.62 bits per heavy atom. The molecule has 6 heteroatoms. The van der Waals surface area contributed by atoms with Gasteiger partial charge in [0.05, 0.1) is 12.1 Å². The van der Waals surface area contributed by atoms with Crippen LogP contribution in [0.3, 0.4) is 0 Å². The first-order valence-corrected chi connectivity index (χ1v) is 5.48. The molecule has 0 spiro atoms. The van der Waals surface area contributed by atoms with Crippen LogP contribution in [0.2, 0.25) is 0 Å². The van der Waals surface area contributed by atoms with Crippen LogP contribution in [-0.4, -0.2) is 42.2 Å². The summed E-state index contributed by atoms with van der Waals surface area (Å²) in [6.07, 6.45) is 2.11. The minimum Gasteiger partial charge on any atom is -0.390 e. The Morgan fingerprint density at radius 2 is 2.31 bits per heavy atom. The zero-order valence-corrected chi connectivity index (χ0v) is 9.35.